The van der Waals surface area contributed by atoms with Gasteiger partial charge in [0.05, 0.1) is 5.69 Å². The molecule has 22 heavy (non-hydrogen) atoms. The van der Waals surface area contributed by atoms with Crippen molar-refractivity contribution in [1.29, 1.82) is 0 Å². The van der Waals surface area contributed by atoms with Crippen molar-refractivity contribution in [2.75, 3.05) is 11.4 Å². The van der Waals surface area contributed by atoms with Gasteiger partial charge in [-0.3, -0.25) is 0 Å². The Kier molecular flexibility index (Phi) is 4.11. The lowest BCUT2D eigenvalue weighted by Crippen LogP contribution is -2.41. The molecule has 1 aromatic carbocycles. The zero-order valence-corrected chi connectivity index (χ0v) is 13.0. The standard InChI is InChI=1S/C16H17FN2O2S/c1-10-6-11(8-20)4-5-19(10)16-18-14(9-22-16)13-7-12(17)2-3-15(13)21/h2-3,7-11,21H,4-6H2,1H3. The van der Waals surface area contributed by atoms with Crippen molar-refractivity contribution >= 4 is 22.8 Å². The third-order valence-electron chi connectivity index (χ3n) is 4.08. The van der Waals surface area contributed by atoms with E-state index in [-0.39, 0.29) is 17.7 Å². The number of nitrogens with zero attached hydrogens (tertiary/aromatic N) is 2. The number of carbonyl (C=O) groups is 1. The van der Waals surface area contributed by atoms with Crippen LogP contribution in [0.15, 0.2) is 23.6 Å². The first-order valence-corrected chi connectivity index (χ1v) is 8.13. The van der Waals surface area contributed by atoms with Crippen LogP contribution in [0.1, 0.15) is 19.8 Å². The Bertz CT molecular complexity index is 689. The number of phenols is 1. The van der Waals surface area contributed by atoms with Gasteiger partial charge in [-0.1, -0.05) is 0 Å². The van der Waals surface area contributed by atoms with Crippen molar-refractivity contribution in [3.8, 4) is 17.0 Å². The number of aromatic hydroxyl groups is 1. The normalized spacial score (nSPS) is 21.8. The summed E-state index contributed by atoms with van der Waals surface area (Å²) in [5.74, 6) is -0.258. The van der Waals surface area contributed by atoms with E-state index in [0.717, 1.165) is 30.8 Å². The van der Waals surface area contributed by atoms with E-state index in [2.05, 4.69) is 16.8 Å². The fourth-order valence-corrected chi connectivity index (χ4v) is 3.80. The van der Waals surface area contributed by atoms with E-state index in [1.165, 1.54) is 29.5 Å². The van der Waals surface area contributed by atoms with Gasteiger partial charge in [0.25, 0.3) is 0 Å². The Morgan fingerprint density at radius 2 is 2.32 bits per heavy atom. The number of aldehydes is 1. The van der Waals surface area contributed by atoms with Gasteiger partial charge in [0, 0.05) is 29.4 Å². The zero-order valence-electron chi connectivity index (χ0n) is 12.2. The van der Waals surface area contributed by atoms with E-state index in [9.17, 15) is 14.3 Å². The average molecular weight is 320 g/mol. The van der Waals surface area contributed by atoms with Crippen LogP contribution in [0, 0.1) is 11.7 Å². The van der Waals surface area contributed by atoms with Crippen LogP contribution in [0.4, 0.5) is 9.52 Å². The summed E-state index contributed by atoms with van der Waals surface area (Å²) in [5.41, 5.74) is 0.972. The maximum absolute atomic E-state index is 13.4. The van der Waals surface area contributed by atoms with Crippen LogP contribution < -0.4 is 4.90 Å². The molecule has 6 heteroatoms. The van der Waals surface area contributed by atoms with E-state index >= 15 is 0 Å². The number of carbonyl (C=O) groups excluding carboxylic acids is 1. The van der Waals surface area contributed by atoms with Crippen molar-refractivity contribution < 1.29 is 14.3 Å². The molecule has 0 amide bonds. The Morgan fingerprint density at radius 3 is 3.05 bits per heavy atom. The lowest BCUT2D eigenvalue weighted by Gasteiger charge is -2.35. The summed E-state index contributed by atoms with van der Waals surface area (Å²) in [5, 5.41) is 12.5. The van der Waals surface area contributed by atoms with Gasteiger partial charge in [-0.25, -0.2) is 9.37 Å². The SMILES string of the molecule is CC1CC(C=O)CCN1c1nc(-c2cc(F)ccc2O)cs1. The number of aromatic nitrogens is 1. The van der Waals surface area contributed by atoms with Crippen LogP contribution in [-0.4, -0.2) is 29.0 Å². The Labute approximate surface area is 132 Å². The summed E-state index contributed by atoms with van der Waals surface area (Å²) < 4.78 is 13.4. The van der Waals surface area contributed by atoms with Crippen molar-refractivity contribution in [1.82, 2.24) is 4.98 Å². The van der Waals surface area contributed by atoms with Gasteiger partial charge >= 0.3 is 0 Å². The summed E-state index contributed by atoms with van der Waals surface area (Å²) in [6, 6.07) is 4.08. The minimum absolute atomic E-state index is 0.0194. The fourth-order valence-electron chi connectivity index (χ4n) is 2.85. The number of benzene rings is 1. The van der Waals surface area contributed by atoms with Gasteiger partial charge in [-0.05, 0) is 38.0 Å². The van der Waals surface area contributed by atoms with E-state index in [4.69, 9.17) is 0 Å². The minimum Gasteiger partial charge on any atom is -0.507 e. The number of anilines is 1. The van der Waals surface area contributed by atoms with Gasteiger partial charge in [-0.2, -0.15) is 0 Å². The fraction of sp³-hybridized carbons (Fsp3) is 0.375. The van der Waals surface area contributed by atoms with Gasteiger partial charge in [0.1, 0.15) is 17.9 Å². The van der Waals surface area contributed by atoms with E-state index in [1.54, 1.807) is 0 Å². The van der Waals surface area contributed by atoms with Gasteiger partial charge in [0.15, 0.2) is 5.13 Å². The highest BCUT2D eigenvalue weighted by Gasteiger charge is 2.27. The highest BCUT2D eigenvalue weighted by atomic mass is 32.1. The molecule has 2 unspecified atom stereocenters. The topological polar surface area (TPSA) is 53.4 Å². The van der Waals surface area contributed by atoms with E-state index in [0.29, 0.717) is 11.3 Å². The maximum atomic E-state index is 13.4. The van der Waals surface area contributed by atoms with Crippen molar-refractivity contribution in [2.24, 2.45) is 5.92 Å². The predicted molar refractivity (Wildman–Crippen MR) is 84.8 cm³/mol. The second kappa shape index (κ2) is 6.04. The molecule has 1 aromatic heterocycles. The van der Waals surface area contributed by atoms with Crippen LogP contribution in [-0.2, 0) is 4.79 Å². The first-order valence-electron chi connectivity index (χ1n) is 7.25. The van der Waals surface area contributed by atoms with Crippen LogP contribution in [0.2, 0.25) is 0 Å². The molecule has 0 bridgehead atoms. The first-order chi connectivity index (χ1) is 10.6. The first kappa shape index (κ1) is 15.0. The number of hydrogen-bond acceptors (Lipinski definition) is 5. The molecule has 3 rings (SSSR count). The number of thiazole rings is 1. The molecule has 4 nitrogen and oxygen atoms in total. The highest BCUT2D eigenvalue weighted by molar-refractivity contribution is 7.14. The highest BCUT2D eigenvalue weighted by Crippen LogP contribution is 2.35. The van der Waals surface area contributed by atoms with Gasteiger partial charge in [-0.15, -0.1) is 11.3 Å². The maximum Gasteiger partial charge on any atom is 0.186 e. The smallest absolute Gasteiger partial charge is 0.186 e. The van der Waals surface area contributed by atoms with Gasteiger partial charge in [0.2, 0.25) is 0 Å². The molecule has 1 fully saturated rings. The predicted octanol–water partition coefficient (Wildman–Crippen LogP) is 3.46. The summed E-state index contributed by atoms with van der Waals surface area (Å²) in [4.78, 5) is 17.6. The van der Waals surface area contributed by atoms with E-state index < -0.39 is 5.82 Å². The Balaban J connectivity index is 1.85. The largest absolute Gasteiger partial charge is 0.507 e. The third kappa shape index (κ3) is 2.83. The van der Waals surface area contributed by atoms with Crippen LogP contribution in [0.25, 0.3) is 11.3 Å². The number of piperidine rings is 1. The Morgan fingerprint density at radius 1 is 1.50 bits per heavy atom. The monoisotopic (exact) mass is 320 g/mol. The lowest BCUT2D eigenvalue weighted by atomic mass is 9.93. The molecule has 1 saturated heterocycles. The lowest BCUT2D eigenvalue weighted by molar-refractivity contribution is -0.111. The van der Waals surface area contributed by atoms with Crippen LogP contribution >= 0.6 is 11.3 Å². The third-order valence-corrected chi connectivity index (χ3v) is 4.96. The zero-order chi connectivity index (χ0) is 15.7. The molecular formula is C16H17FN2O2S. The second-order valence-corrected chi connectivity index (χ2v) is 6.48. The summed E-state index contributed by atoms with van der Waals surface area (Å²) >= 11 is 1.47. The summed E-state index contributed by atoms with van der Waals surface area (Å²) in [6.45, 7) is 2.86. The van der Waals surface area contributed by atoms with E-state index in [1.807, 2.05) is 5.38 Å². The molecule has 0 saturated carbocycles. The minimum atomic E-state index is -0.400. The molecule has 0 aliphatic carbocycles. The van der Waals surface area contributed by atoms with Crippen molar-refractivity contribution in [3.05, 3.63) is 29.4 Å². The van der Waals surface area contributed by atoms with Crippen LogP contribution in [0.3, 0.4) is 0 Å². The quantitative estimate of drug-likeness (QED) is 0.880. The summed E-state index contributed by atoms with van der Waals surface area (Å²) in [7, 11) is 0. The number of rotatable bonds is 3. The molecule has 2 atom stereocenters. The molecule has 0 radical (unpaired) electrons. The molecular weight excluding hydrogens is 303 g/mol. The summed E-state index contributed by atoms with van der Waals surface area (Å²) in [6.07, 6.45) is 2.68. The Hall–Kier alpha value is -1.95. The molecule has 2 aromatic rings. The molecule has 116 valence electrons. The second-order valence-electron chi connectivity index (χ2n) is 5.64. The van der Waals surface area contributed by atoms with Crippen molar-refractivity contribution in [3.63, 3.8) is 0 Å². The number of halogens is 1. The molecule has 1 N–H and O–H groups in total. The van der Waals surface area contributed by atoms with Crippen molar-refractivity contribution in [2.45, 2.75) is 25.8 Å². The van der Waals surface area contributed by atoms with Gasteiger partial charge < -0.3 is 14.8 Å². The molecule has 0 spiro atoms. The number of phenolic OH excluding ortho intramolecular Hbond substituents is 1. The van der Waals surface area contributed by atoms with Crippen LogP contribution in [0.5, 0.6) is 5.75 Å². The average Bonchev–Trinajstić information content (AvgIpc) is 2.99. The molecule has 1 aliphatic heterocycles. The number of hydrogen-bond donors (Lipinski definition) is 1. The molecule has 1 aliphatic rings. The molecule has 2 heterocycles.